The van der Waals surface area contributed by atoms with Crippen LogP contribution in [0.3, 0.4) is 0 Å². The van der Waals surface area contributed by atoms with Gasteiger partial charge in [0.1, 0.15) is 0 Å². The maximum atomic E-state index is 13.1. The summed E-state index contributed by atoms with van der Waals surface area (Å²) in [6.07, 6.45) is -20.7. The Balaban J connectivity index is 2.71. The molecule has 29 heavy (non-hydrogen) atoms. The molecule has 0 saturated heterocycles. The topological polar surface area (TPSA) is 0 Å². The molecule has 0 spiro atoms. The molecule has 2 aromatic carbocycles. The molecule has 0 aliphatic heterocycles. The quantitative estimate of drug-likeness (QED) is 0.362. The van der Waals surface area contributed by atoms with Crippen molar-refractivity contribution in [3.05, 3.63) is 58.7 Å². The Bertz CT molecular complexity index is 813. The molecule has 160 valence electrons. The molecule has 0 saturated carbocycles. The molecule has 2 rings (SSSR count). The van der Waals surface area contributed by atoms with E-state index in [1.807, 2.05) is 0 Å². The molecule has 13 heteroatoms. The molecule has 2 aromatic rings. The first-order chi connectivity index (χ1) is 12.9. The minimum atomic E-state index is -5.23. The third-order valence-electron chi connectivity index (χ3n) is 3.57. The molecule has 0 N–H and O–H groups in total. The van der Waals surface area contributed by atoms with Crippen molar-refractivity contribution in [3.63, 3.8) is 0 Å². The lowest BCUT2D eigenvalue weighted by molar-refractivity contribution is -0.140. The van der Waals surface area contributed by atoms with Crippen molar-refractivity contribution < 1.29 is 52.7 Å². The summed E-state index contributed by atoms with van der Waals surface area (Å²) in [5, 5.41) is -2.42. The molecule has 0 unspecified atom stereocenters. The van der Waals surface area contributed by atoms with Gasteiger partial charge in [0.25, 0.3) is 0 Å². The van der Waals surface area contributed by atoms with E-state index in [0.29, 0.717) is 0 Å². The van der Waals surface area contributed by atoms with Crippen LogP contribution < -0.4 is 10.6 Å². The van der Waals surface area contributed by atoms with Crippen molar-refractivity contribution in [1.29, 1.82) is 0 Å². The van der Waals surface area contributed by atoms with Crippen LogP contribution in [-0.2, 0) is 24.7 Å². The van der Waals surface area contributed by atoms with Crippen molar-refractivity contribution in [2.75, 3.05) is 0 Å². The average molecular weight is 458 g/mol. The van der Waals surface area contributed by atoms with Crippen LogP contribution in [-0.4, -0.2) is 0 Å². The van der Waals surface area contributed by atoms with Gasteiger partial charge in [0, 0.05) is 0 Å². The minimum absolute atomic E-state index is 0.0122. The molecule has 0 amide bonds. The lowest BCUT2D eigenvalue weighted by atomic mass is 10.1. The van der Waals surface area contributed by atoms with E-state index in [1.54, 1.807) is 0 Å². The summed E-state index contributed by atoms with van der Waals surface area (Å²) in [6.45, 7) is 0. The van der Waals surface area contributed by atoms with Crippen LogP contribution in [0.15, 0.2) is 36.4 Å². The Morgan fingerprint density at radius 2 is 0.759 bits per heavy atom. The first-order valence-electron chi connectivity index (χ1n) is 7.24. The van der Waals surface area contributed by atoms with Gasteiger partial charge in [-0.15, -0.1) is 0 Å². The molecule has 0 aromatic heterocycles. The summed E-state index contributed by atoms with van der Waals surface area (Å²) in [4.78, 5) is 0. The third-order valence-corrected chi connectivity index (χ3v) is 4.94. The molecule has 0 aliphatic rings. The van der Waals surface area contributed by atoms with E-state index in [0.717, 1.165) is 0 Å². The Kier molecular flexibility index (Phi) is 5.93. The van der Waals surface area contributed by atoms with Crippen LogP contribution in [0.4, 0.5) is 52.7 Å². The second-order valence-electron chi connectivity index (χ2n) is 5.64. The van der Waals surface area contributed by atoms with E-state index in [2.05, 4.69) is 0 Å². The van der Waals surface area contributed by atoms with Gasteiger partial charge in [-0.2, -0.15) is 52.7 Å². The van der Waals surface area contributed by atoms with Gasteiger partial charge in [-0.25, -0.2) is 0 Å². The van der Waals surface area contributed by atoms with Crippen LogP contribution in [0.2, 0.25) is 0 Å². The fourth-order valence-electron chi connectivity index (χ4n) is 2.29. The maximum absolute atomic E-state index is 13.1. The highest BCUT2D eigenvalue weighted by molar-refractivity contribution is 7.55. The molecule has 0 atom stereocenters. The van der Waals surface area contributed by atoms with E-state index in [4.69, 9.17) is 0 Å². The molecular weight excluding hydrogens is 451 g/mol. The van der Waals surface area contributed by atoms with Crippen molar-refractivity contribution >= 4 is 19.2 Å². The van der Waals surface area contributed by atoms with Gasteiger partial charge < -0.3 is 0 Å². The van der Waals surface area contributed by atoms with Crippen LogP contribution in [0.1, 0.15) is 22.3 Å². The third kappa shape index (κ3) is 5.55. The molecule has 0 heterocycles. The predicted octanol–water partition coefficient (Wildman–Crippen LogP) is 6.39. The smallest absolute Gasteiger partial charge is 0.166 e. The zero-order valence-electron chi connectivity index (χ0n) is 13.5. The van der Waals surface area contributed by atoms with Gasteiger partial charge in [-0.05, 0) is 47.0 Å². The summed E-state index contributed by atoms with van der Waals surface area (Å²) in [5.41, 5.74) is -6.49. The van der Waals surface area contributed by atoms with Crippen LogP contribution >= 0.6 is 8.58 Å². The fourth-order valence-corrected chi connectivity index (χ4v) is 3.75. The molecule has 0 fully saturated rings. The number of hydrogen-bond acceptors (Lipinski definition) is 0. The Hall–Kier alpha value is -1.97. The second kappa shape index (κ2) is 7.37. The number of alkyl halides is 12. The summed E-state index contributed by atoms with van der Waals surface area (Å²) >= 11 is 0. The van der Waals surface area contributed by atoms with Gasteiger partial charge in [0.15, 0.2) is 0 Å². The number of benzene rings is 2. The first kappa shape index (κ1) is 23.3. The maximum Gasteiger partial charge on any atom is 0.417 e. The van der Waals surface area contributed by atoms with Crippen LogP contribution in [0.5, 0.6) is 0 Å². The van der Waals surface area contributed by atoms with E-state index in [1.165, 1.54) is 0 Å². The minimum Gasteiger partial charge on any atom is -0.166 e. The van der Waals surface area contributed by atoms with Gasteiger partial charge in [-0.3, -0.25) is 0 Å². The van der Waals surface area contributed by atoms with Gasteiger partial charge in [0.05, 0.1) is 22.3 Å². The van der Waals surface area contributed by atoms with Crippen molar-refractivity contribution in [3.8, 4) is 0 Å². The van der Waals surface area contributed by atoms with Crippen molar-refractivity contribution in [2.24, 2.45) is 0 Å². The fraction of sp³-hybridized carbons (Fsp3) is 0.250. The monoisotopic (exact) mass is 458 g/mol. The zero-order valence-corrected chi connectivity index (χ0v) is 14.5. The number of rotatable bonds is 2. The first-order valence-corrected chi connectivity index (χ1v) is 8.24. The van der Waals surface area contributed by atoms with E-state index < -0.39 is 66.1 Å². The molecule has 0 bridgehead atoms. The summed E-state index contributed by atoms with van der Waals surface area (Å²) in [5.74, 6) is 0. The van der Waals surface area contributed by atoms with Crippen molar-refractivity contribution in [1.82, 2.24) is 0 Å². The average Bonchev–Trinajstić information content (AvgIpc) is 2.51. The largest absolute Gasteiger partial charge is 0.417 e. The highest BCUT2D eigenvalue weighted by Crippen LogP contribution is 2.39. The Morgan fingerprint density at radius 3 is 1.00 bits per heavy atom. The lowest BCUT2D eigenvalue weighted by Gasteiger charge is -2.19. The van der Waals surface area contributed by atoms with Crippen LogP contribution in [0, 0.1) is 0 Å². The van der Waals surface area contributed by atoms with Gasteiger partial charge in [0.2, 0.25) is 0 Å². The van der Waals surface area contributed by atoms with E-state index in [9.17, 15) is 52.7 Å². The Labute approximate surface area is 156 Å². The standard InChI is InChI=1S/C16H7F12P/c17-13(18,19)7-1-3-9(15(23,24)25)11(5-7)29-12-6-8(14(20,21)22)2-4-10(12)16(26,27)28/h1-6,29H. The number of halogens is 12. The van der Waals surface area contributed by atoms with Gasteiger partial charge >= 0.3 is 24.7 Å². The molecular formula is C16H7F12P. The number of hydrogen-bond donors (Lipinski definition) is 0. The Morgan fingerprint density at radius 1 is 0.448 bits per heavy atom. The van der Waals surface area contributed by atoms with E-state index in [-0.39, 0.29) is 36.4 Å². The van der Waals surface area contributed by atoms with Crippen molar-refractivity contribution in [2.45, 2.75) is 24.7 Å². The normalized spacial score (nSPS) is 13.7. The highest BCUT2D eigenvalue weighted by Gasteiger charge is 2.40. The lowest BCUT2D eigenvalue weighted by Crippen LogP contribution is -2.24. The zero-order chi connectivity index (χ0) is 22.4. The second-order valence-corrected chi connectivity index (χ2v) is 6.96. The molecule has 0 nitrogen and oxygen atoms in total. The van der Waals surface area contributed by atoms with Gasteiger partial charge in [-0.1, -0.05) is 8.58 Å². The summed E-state index contributed by atoms with van der Waals surface area (Å²) < 4.78 is 156. The molecule has 0 radical (unpaired) electrons. The predicted molar refractivity (Wildman–Crippen MR) is 80.5 cm³/mol. The summed E-state index contributed by atoms with van der Waals surface area (Å²) in [7, 11) is -1.77. The summed E-state index contributed by atoms with van der Waals surface area (Å²) in [6, 6.07) is 0.225. The highest BCUT2D eigenvalue weighted by atomic mass is 31.1. The SMILES string of the molecule is FC(F)(F)c1ccc(C(F)(F)F)c(Pc2cc(C(F)(F)F)ccc2C(F)(F)F)c1. The molecule has 0 aliphatic carbocycles. The van der Waals surface area contributed by atoms with Crippen LogP contribution in [0.25, 0.3) is 0 Å². The van der Waals surface area contributed by atoms with E-state index >= 15 is 0 Å².